The van der Waals surface area contributed by atoms with Crippen molar-refractivity contribution in [3.63, 3.8) is 0 Å². The Kier molecular flexibility index (Phi) is 6.51. The fraction of sp³-hybridized carbons (Fsp3) is 0.118. The third-order valence-electron chi connectivity index (χ3n) is 3.15. The fourth-order valence-corrected chi connectivity index (χ4v) is 2.09. The first kappa shape index (κ1) is 19.2. The molecule has 2 rings (SSSR count). The van der Waals surface area contributed by atoms with Crippen LogP contribution in [0.1, 0.15) is 20.7 Å². The van der Waals surface area contributed by atoms with Gasteiger partial charge in [0.15, 0.2) is 6.61 Å². The third kappa shape index (κ3) is 5.18. The number of methoxy groups -OCH3 is 1. The van der Waals surface area contributed by atoms with Crippen molar-refractivity contribution in [2.45, 2.75) is 0 Å². The molecule has 0 aliphatic heterocycles. The van der Waals surface area contributed by atoms with E-state index in [9.17, 15) is 18.8 Å². The minimum absolute atomic E-state index is 0.0804. The first-order valence-corrected chi connectivity index (χ1v) is 7.64. The molecular formula is C17H14ClFN2O5. The molecule has 0 bridgehead atoms. The minimum atomic E-state index is -0.897. The molecule has 0 unspecified atom stereocenters. The Bertz CT molecular complexity index is 826. The van der Waals surface area contributed by atoms with Gasteiger partial charge < -0.3 is 9.47 Å². The largest absolute Gasteiger partial charge is 0.497 e. The zero-order chi connectivity index (χ0) is 19.1. The van der Waals surface area contributed by atoms with Gasteiger partial charge in [0.1, 0.15) is 11.6 Å². The standard InChI is InChI=1S/C17H14ClFN2O5/c1-25-12-5-2-10(3-6-12)16(23)21-20-15(22)9-26-17(24)13-7-4-11(19)8-14(13)18/h2-8H,9H2,1H3,(H,20,22)(H,21,23). The molecule has 136 valence electrons. The summed E-state index contributed by atoms with van der Waals surface area (Å²) in [6, 6.07) is 9.33. The monoisotopic (exact) mass is 380 g/mol. The SMILES string of the molecule is COc1ccc(C(=O)NNC(=O)COC(=O)c2ccc(F)cc2Cl)cc1. The Morgan fingerprint density at radius 2 is 1.77 bits per heavy atom. The number of hydrazine groups is 1. The van der Waals surface area contributed by atoms with Crippen LogP contribution in [-0.4, -0.2) is 31.5 Å². The molecule has 0 heterocycles. The molecular weight excluding hydrogens is 367 g/mol. The van der Waals surface area contributed by atoms with Crippen molar-refractivity contribution in [1.82, 2.24) is 10.9 Å². The van der Waals surface area contributed by atoms with Gasteiger partial charge >= 0.3 is 5.97 Å². The number of ether oxygens (including phenoxy) is 2. The molecule has 2 N–H and O–H groups in total. The number of hydrogen-bond acceptors (Lipinski definition) is 5. The van der Waals surface area contributed by atoms with Crippen LogP contribution in [-0.2, 0) is 9.53 Å². The smallest absolute Gasteiger partial charge is 0.340 e. The molecule has 0 saturated carbocycles. The van der Waals surface area contributed by atoms with Crippen molar-refractivity contribution in [2.24, 2.45) is 0 Å². The second-order valence-corrected chi connectivity index (χ2v) is 5.34. The summed E-state index contributed by atoms with van der Waals surface area (Å²) < 4.78 is 22.7. The molecule has 0 atom stereocenters. The summed E-state index contributed by atoms with van der Waals surface area (Å²) in [5.74, 6) is -2.25. The lowest BCUT2D eigenvalue weighted by Gasteiger charge is -2.09. The number of rotatable bonds is 5. The van der Waals surface area contributed by atoms with E-state index in [0.29, 0.717) is 11.3 Å². The fourth-order valence-electron chi connectivity index (χ4n) is 1.84. The molecule has 9 heteroatoms. The second-order valence-electron chi connectivity index (χ2n) is 4.93. The summed E-state index contributed by atoms with van der Waals surface area (Å²) >= 11 is 5.72. The number of nitrogens with one attached hydrogen (secondary N) is 2. The molecule has 0 spiro atoms. The van der Waals surface area contributed by atoms with Crippen molar-refractivity contribution in [3.8, 4) is 5.75 Å². The number of carbonyl (C=O) groups is 3. The van der Waals surface area contributed by atoms with Crippen molar-refractivity contribution in [1.29, 1.82) is 0 Å². The first-order chi connectivity index (χ1) is 12.4. The van der Waals surface area contributed by atoms with Crippen LogP contribution < -0.4 is 15.6 Å². The molecule has 26 heavy (non-hydrogen) atoms. The van der Waals surface area contributed by atoms with Gasteiger partial charge in [-0.05, 0) is 42.5 Å². The van der Waals surface area contributed by atoms with E-state index in [1.54, 1.807) is 12.1 Å². The highest BCUT2D eigenvalue weighted by Crippen LogP contribution is 2.18. The summed E-state index contributed by atoms with van der Waals surface area (Å²) in [5, 5.41) is -0.136. The maximum absolute atomic E-state index is 12.9. The van der Waals surface area contributed by atoms with Crippen LogP contribution in [0.2, 0.25) is 5.02 Å². The van der Waals surface area contributed by atoms with E-state index >= 15 is 0 Å². The zero-order valence-corrected chi connectivity index (χ0v) is 14.3. The highest BCUT2D eigenvalue weighted by Gasteiger charge is 2.15. The van der Waals surface area contributed by atoms with E-state index in [2.05, 4.69) is 10.9 Å². The number of halogens is 2. The summed E-state index contributed by atoms with van der Waals surface area (Å²) in [5.41, 5.74) is 4.48. The van der Waals surface area contributed by atoms with Crippen LogP contribution in [0.4, 0.5) is 4.39 Å². The summed E-state index contributed by atoms with van der Waals surface area (Å²) in [4.78, 5) is 35.3. The number of carbonyl (C=O) groups excluding carboxylic acids is 3. The Morgan fingerprint density at radius 1 is 1.08 bits per heavy atom. The average molecular weight is 381 g/mol. The normalized spacial score (nSPS) is 9.96. The molecule has 2 aromatic rings. The molecule has 0 radical (unpaired) electrons. The minimum Gasteiger partial charge on any atom is -0.497 e. The van der Waals surface area contributed by atoms with E-state index < -0.39 is 30.2 Å². The predicted octanol–water partition coefficient (Wildman–Crippen LogP) is 2.11. The van der Waals surface area contributed by atoms with Gasteiger partial charge in [0.25, 0.3) is 11.8 Å². The van der Waals surface area contributed by atoms with Crippen molar-refractivity contribution >= 4 is 29.4 Å². The van der Waals surface area contributed by atoms with E-state index in [4.69, 9.17) is 21.1 Å². The molecule has 0 saturated heterocycles. The third-order valence-corrected chi connectivity index (χ3v) is 3.47. The van der Waals surface area contributed by atoms with Crippen LogP contribution in [0.15, 0.2) is 42.5 Å². The van der Waals surface area contributed by atoms with Gasteiger partial charge in [0, 0.05) is 5.56 Å². The van der Waals surface area contributed by atoms with E-state index in [0.717, 1.165) is 18.2 Å². The van der Waals surface area contributed by atoms with Crippen molar-refractivity contribution < 1.29 is 28.2 Å². The van der Waals surface area contributed by atoms with Gasteiger partial charge in [-0.2, -0.15) is 0 Å². The summed E-state index contributed by atoms with van der Waals surface area (Å²) in [6.07, 6.45) is 0. The summed E-state index contributed by atoms with van der Waals surface area (Å²) in [7, 11) is 1.50. The molecule has 0 fully saturated rings. The quantitative estimate of drug-likeness (QED) is 0.612. The van der Waals surface area contributed by atoms with Crippen LogP contribution in [0, 0.1) is 5.82 Å². The molecule has 0 aliphatic rings. The Labute approximate surface area is 153 Å². The number of esters is 1. The Hall–Kier alpha value is -3.13. The highest BCUT2D eigenvalue weighted by molar-refractivity contribution is 6.33. The highest BCUT2D eigenvalue weighted by atomic mass is 35.5. The van der Waals surface area contributed by atoms with E-state index in [1.165, 1.54) is 19.2 Å². The maximum Gasteiger partial charge on any atom is 0.340 e. The van der Waals surface area contributed by atoms with Crippen LogP contribution in [0.5, 0.6) is 5.75 Å². The molecule has 2 amide bonds. The van der Waals surface area contributed by atoms with Gasteiger partial charge in [-0.1, -0.05) is 11.6 Å². The maximum atomic E-state index is 12.9. The first-order valence-electron chi connectivity index (χ1n) is 7.26. The molecule has 2 aromatic carbocycles. The van der Waals surface area contributed by atoms with Crippen molar-refractivity contribution in [3.05, 3.63) is 64.4 Å². The van der Waals surface area contributed by atoms with Crippen LogP contribution in [0.3, 0.4) is 0 Å². The van der Waals surface area contributed by atoms with E-state index in [1.807, 2.05) is 0 Å². The lowest BCUT2D eigenvalue weighted by Crippen LogP contribution is -2.43. The van der Waals surface area contributed by atoms with Crippen molar-refractivity contribution in [2.75, 3.05) is 13.7 Å². The van der Waals surface area contributed by atoms with Gasteiger partial charge in [-0.3, -0.25) is 20.4 Å². The van der Waals surface area contributed by atoms with Crippen LogP contribution >= 0.6 is 11.6 Å². The molecule has 0 aromatic heterocycles. The Balaban J connectivity index is 1.81. The van der Waals surface area contributed by atoms with E-state index in [-0.39, 0.29) is 10.6 Å². The lowest BCUT2D eigenvalue weighted by molar-refractivity contribution is -0.125. The summed E-state index contributed by atoms with van der Waals surface area (Å²) in [6.45, 7) is -0.657. The van der Waals surface area contributed by atoms with Gasteiger partial charge in [-0.25, -0.2) is 9.18 Å². The lowest BCUT2D eigenvalue weighted by atomic mass is 10.2. The van der Waals surface area contributed by atoms with Gasteiger partial charge in [0.2, 0.25) is 0 Å². The zero-order valence-electron chi connectivity index (χ0n) is 13.5. The topological polar surface area (TPSA) is 93.7 Å². The number of benzene rings is 2. The molecule has 0 aliphatic carbocycles. The predicted molar refractivity (Wildman–Crippen MR) is 90.3 cm³/mol. The number of amides is 2. The molecule has 7 nitrogen and oxygen atoms in total. The average Bonchev–Trinajstić information content (AvgIpc) is 2.64. The number of hydrogen-bond donors (Lipinski definition) is 2. The van der Waals surface area contributed by atoms with Crippen LogP contribution in [0.25, 0.3) is 0 Å². The Morgan fingerprint density at radius 3 is 2.38 bits per heavy atom. The van der Waals surface area contributed by atoms with Gasteiger partial charge in [-0.15, -0.1) is 0 Å². The second kappa shape index (κ2) is 8.82. The van der Waals surface area contributed by atoms with Gasteiger partial charge in [0.05, 0.1) is 17.7 Å².